The number of rotatable bonds is 5. The molecule has 2 heterocycles. The first-order valence-corrected chi connectivity index (χ1v) is 11.2. The fraction of sp³-hybridized carbons (Fsp3) is 0.381. The third kappa shape index (κ3) is 3.13. The molecular weight excluding hydrogens is 372 g/mol. The molecule has 2 atom stereocenters. The maximum absolute atomic E-state index is 13.1. The van der Waals surface area contributed by atoms with E-state index in [0.717, 1.165) is 29.5 Å². The van der Waals surface area contributed by atoms with Gasteiger partial charge in [0, 0.05) is 17.6 Å². The summed E-state index contributed by atoms with van der Waals surface area (Å²) in [7, 11) is -3.73. The van der Waals surface area contributed by atoms with Crippen LogP contribution in [0.1, 0.15) is 38.2 Å². The molecule has 0 radical (unpaired) electrons. The number of hydrogen-bond acceptors (Lipinski definition) is 5. The van der Waals surface area contributed by atoms with Gasteiger partial charge < -0.3 is 11.1 Å². The highest BCUT2D eigenvalue weighted by Gasteiger charge is 2.27. The van der Waals surface area contributed by atoms with E-state index in [2.05, 4.69) is 17.2 Å². The molecule has 0 bridgehead atoms. The lowest BCUT2D eigenvalue weighted by atomic mass is 10.00. The molecule has 0 aliphatic heterocycles. The molecule has 3 aromatic rings. The molecule has 1 saturated carbocycles. The van der Waals surface area contributed by atoms with Crippen molar-refractivity contribution < 1.29 is 8.42 Å². The van der Waals surface area contributed by atoms with Crippen molar-refractivity contribution in [3.05, 3.63) is 48.3 Å². The Hall–Kier alpha value is -2.54. The van der Waals surface area contributed by atoms with Gasteiger partial charge in [0.25, 0.3) is 10.0 Å². The minimum atomic E-state index is -3.73. The summed E-state index contributed by atoms with van der Waals surface area (Å²) in [5.41, 5.74) is 8.94. The van der Waals surface area contributed by atoms with Crippen LogP contribution in [0.4, 0.5) is 11.4 Å². The van der Waals surface area contributed by atoms with Gasteiger partial charge in [-0.2, -0.15) is 0 Å². The van der Waals surface area contributed by atoms with E-state index in [0.29, 0.717) is 23.3 Å². The van der Waals surface area contributed by atoms with Gasteiger partial charge in [-0.05, 0) is 43.9 Å². The quantitative estimate of drug-likeness (QED) is 0.674. The van der Waals surface area contributed by atoms with Gasteiger partial charge in [-0.3, -0.25) is 0 Å². The van der Waals surface area contributed by atoms with Crippen LogP contribution in [0.5, 0.6) is 0 Å². The molecule has 0 saturated heterocycles. The van der Waals surface area contributed by atoms with Crippen LogP contribution < -0.4 is 11.1 Å². The molecule has 1 aliphatic carbocycles. The summed E-state index contributed by atoms with van der Waals surface area (Å²) in [4.78, 5) is 4.58. The molecule has 1 aliphatic rings. The molecule has 7 heteroatoms. The minimum Gasteiger partial charge on any atom is -0.396 e. The van der Waals surface area contributed by atoms with Gasteiger partial charge in [0.15, 0.2) is 5.65 Å². The van der Waals surface area contributed by atoms with Crippen molar-refractivity contribution in [2.45, 2.75) is 50.5 Å². The lowest BCUT2D eigenvalue weighted by molar-refractivity contribution is 0.489. The molecule has 1 aromatic carbocycles. The highest BCUT2D eigenvalue weighted by Crippen LogP contribution is 2.36. The van der Waals surface area contributed by atoms with Crippen molar-refractivity contribution in [1.29, 1.82) is 0 Å². The molecule has 0 unspecified atom stereocenters. The van der Waals surface area contributed by atoms with Gasteiger partial charge in [-0.15, -0.1) is 0 Å². The Morgan fingerprint density at radius 1 is 1.21 bits per heavy atom. The van der Waals surface area contributed by atoms with E-state index in [4.69, 9.17) is 5.73 Å². The Bertz CT molecular complexity index is 1100. The smallest absolute Gasteiger partial charge is 0.269 e. The van der Waals surface area contributed by atoms with E-state index in [9.17, 15) is 8.42 Å². The summed E-state index contributed by atoms with van der Waals surface area (Å²) in [6.45, 7) is 4.14. The number of hydrogen-bond donors (Lipinski definition) is 2. The van der Waals surface area contributed by atoms with Crippen molar-refractivity contribution in [3.8, 4) is 0 Å². The van der Waals surface area contributed by atoms with Gasteiger partial charge in [0.2, 0.25) is 0 Å². The molecule has 0 amide bonds. The number of nitrogens with two attached hydrogens (primary N) is 1. The van der Waals surface area contributed by atoms with Crippen molar-refractivity contribution in [3.63, 3.8) is 0 Å². The largest absolute Gasteiger partial charge is 0.396 e. The van der Waals surface area contributed by atoms with Crippen LogP contribution in [-0.4, -0.2) is 23.4 Å². The lowest BCUT2D eigenvalue weighted by Crippen LogP contribution is -2.24. The summed E-state index contributed by atoms with van der Waals surface area (Å²) < 4.78 is 27.5. The average Bonchev–Trinajstić information content (AvgIpc) is 3.31. The molecule has 148 valence electrons. The van der Waals surface area contributed by atoms with Crippen molar-refractivity contribution in [2.24, 2.45) is 5.92 Å². The number of benzene rings is 1. The summed E-state index contributed by atoms with van der Waals surface area (Å²) in [6.07, 6.45) is 7.74. The first kappa shape index (κ1) is 18.8. The predicted octanol–water partition coefficient (Wildman–Crippen LogP) is 4.15. The summed E-state index contributed by atoms with van der Waals surface area (Å²) in [5, 5.41) is 4.33. The molecule has 4 rings (SSSR count). The lowest BCUT2D eigenvalue weighted by Gasteiger charge is -2.22. The van der Waals surface area contributed by atoms with Gasteiger partial charge in [-0.25, -0.2) is 17.4 Å². The number of pyridine rings is 1. The second kappa shape index (κ2) is 7.13. The number of anilines is 2. The Morgan fingerprint density at radius 2 is 1.96 bits per heavy atom. The Balaban J connectivity index is 1.78. The van der Waals surface area contributed by atoms with Crippen LogP contribution in [0.15, 0.2) is 47.6 Å². The second-order valence-corrected chi connectivity index (χ2v) is 9.42. The fourth-order valence-corrected chi connectivity index (χ4v) is 5.46. The fourth-order valence-electron chi connectivity index (χ4n) is 4.16. The zero-order valence-corrected chi connectivity index (χ0v) is 17.0. The van der Waals surface area contributed by atoms with E-state index in [1.165, 1.54) is 16.8 Å². The maximum Gasteiger partial charge on any atom is 0.269 e. The Labute approximate surface area is 165 Å². The summed E-state index contributed by atoms with van der Waals surface area (Å²) in [5.74, 6) is 0.612. The van der Waals surface area contributed by atoms with E-state index >= 15 is 0 Å². The van der Waals surface area contributed by atoms with Crippen LogP contribution >= 0.6 is 0 Å². The van der Waals surface area contributed by atoms with Crippen LogP contribution in [0.25, 0.3) is 11.0 Å². The second-order valence-electron chi connectivity index (χ2n) is 7.61. The number of aromatic nitrogens is 2. The third-order valence-electron chi connectivity index (χ3n) is 5.80. The SMILES string of the molecule is CC[C@@H]1CCC[C@@H]1Nc1c(N)cnc2c1ccn2S(=O)(=O)c1ccc(C)cc1. The standard InChI is InChI=1S/C21H26N4O2S/c1-3-15-5-4-6-19(15)24-20-17-11-12-25(21(17)23-13-18(20)22)28(26,27)16-9-7-14(2)8-10-16/h7-13,15,19H,3-6,22H2,1-2H3,(H,23,24)/t15-,19+/m1/s1. The Morgan fingerprint density at radius 3 is 2.68 bits per heavy atom. The molecular formula is C21H26N4O2S. The first-order valence-electron chi connectivity index (χ1n) is 9.76. The number of nitrogens with one attached hydrogen (secondary N) is 1. The highest BCUT2D eigenvalue weighted by atomic mass is 32.2. The number of nitrogen functional groups attached to an aromatic ring is 1. The van der Waals surface area contributed by atoms with E-state index in [1.807, 2.05) is 6.92 Å². The number of nitrogens with zero attached hydrogens (tertiary/aromatic N) is 2. The third-order valence-corrected chi connectivity index (χ3v) is 7.48. The Kier molecular flexibility index (Phi) is 4.79. The first-order chi connectivity index (χ1) is 13.4. The van der Waals surface area contributed by atoms with Crippen molar-refractivity contribution in [1.82, 2.24) is 8.96 Å². The average molecular weight is 399 g/mol. The van der Waals surface area contributed by atoms with Crippen LogP contribution in [0.2, 0.25) is 0 Å². The summed E-state index contributed by atoms with van der Waals surface area (Å²) in [6, 6.07) is 8.97. The number of aryl methyl sites for hydroxylation is 1. The molecule has 3 N–H and O–H groups in total. The van der Waals surface area contributed by atoms with Gasteiger partial charge in [0.05, 0.1) is 22.5 Å². The normalized spacial score (nSPS) is 19.9. The van der Waals surface area contributed by atoms with Crippen molar-refractivity contribution >= 4 is 32.4 Å². The zero-order chi connectivity index (χ0) is 19.9. The van der Waals surface area contributed by atoms with E-state index in [1.54, 1.807) is 42.7 Å². The topological polar surface area (TPSA) is 90.0 Å². The minimum absolute atomic E-state index is 0.241. The van der Waals surface area contributed by atoms with Crippen molar-refractivity contribution in [2.75, 3.05) is 11.1 Å². The predicted molar refractivity (Wildman–Crippen MR) is 113 cm³/mol. The zero-order valence-electron chi connectivity index (χ0n) is 16.2. The monoisotopic (exact) mass is 398 g/mol. The molecule has 6 nitrogen and oxygen atoms in total. The van der Waals surface area contributed by atoms with Crippen LogP contribution in [0.3, 0.4) is 0 Å². The van der Waals surface area contributed by atoms with E-state index in [-0.39, 0.29) is 4.90 Å². The highest BCUT2D eigenvalue weighted by molar-refractivity contribution is 7.90. The van der Waals surface area contributed by atoms with Crippen LogP contribution in [-0.2, 0) is 10.0 Å². The molecule has 28 heavy (non-hydrogen) atoms. The van der Waals surface area contributed by atoms with E-state index < -0.39 is 10.0 Å². The van der Waals surface area contributed by atoms with Gasteiger partial charge in [-0.1, -0.05) is 37.5 Å². The molecule has 0 spiro atoms. The molecule has 1 fully saturated rings. The molecule has 2 aromatic heterocycles. The van der Waals surface area contributed by atoms with Gasteiger partial charge in [0.1, 0.15) is 0 Å². The maximum atomic E-state index is 13.1. The summed E-state index contributed by atoms with van der Waals surface area (Å²) >= 11 is 0. The van der Waals surface area contributed by atoms with Gasteiger partial charge >= 0.3 is 0 Å². The van der Waals surface area contributed by atoms with Crippen LogP contribution in [0, 0.1) is 12.8 Å². The number of fused-ring (bicyclic) bond motifs is 1.